The number of hydrogen-bond acceptors (Lipinski definition) is 6. The van der Waals surface area contributed by atoms with Gasteiger partial charge in [0.05, 0.1) is 30.9 Å². The number of rotatable bonds is 5. The molecule has 8 heteroatoms. The molecule has 0 aliphatic carbocycles. The summed E-state index contributed by atoms with van der Waals surface area (Å²) in [5.41, 5.74) is 0.957. The van der Waals surface area contributed by atoms with Crippen LogP contribution in [0.3, 0.4) is 0 Å². The van der Waals surface area contributed by atoms with E-state index in [1.54, 1.807) is 35.6 Å². The fourth-order valence-electron chi connectivity index (χ4n) is 2.87. The number of morpholine rings is 1. The van der Waals surface area contributed by atoms with Crippen LogP contribution in [0.1, 0.15) is 16.5 Å². The molecule has 2 heterocycles. The van der Waals surface area contributed by atoms with Gasteiger partial charge in [0.1, 0.15) is 0 Å². The Morgan fingerprint density at radius 3 is 2.56 bits per heavy atom. The highest BCUT2D eigenvalue weighted by Gasteiger charge is 2.25. The van der Waals surface area contributed by atoms with E-state index < -0.39 is 11.8 Å². The molecule has 1 aromatic carbocycles. The van der Waals surface area contributed by atoms with Gasteiger partial charge in [0, 0.05) is 30.2 Å². The first-order chi connectivity index (χ1) is 13.2. The van der Waals surface area contributed by atoms with Crippen molar-refractivity contribution in [3.8, 4) is 6.07 Å². The number of nitrogens with one attached hydrogen (secondary N) is 2. The molecule has 2 aromatic rings. The van der Waals surface area contributed by atoms with Crippen LogP contribution < -0.4 is 10.6 Å². The molecule has 3 rings (SSSR count). The molecule has 0 bridgehead atoms. The van der Waals surface area contributed by atoms with Crippen molar-refractivity contribution in [2.24, 2.45) is 0 Å². The Labute approximate surface area is 161 Å². The normalized spacial score (nSPS) is 15.5. The van der Waals surface area contributed by atoms with Crippen LogP contribution in [0.2, 0.25) is 0 Å². The van der Waals surface area contributed by atoms with E-state index in [0.717, 1.165) is 18.0 Å². The van der Waals surface area contributed by atoms with Gasteiger partial charge in [0.15, 0.2) is 0 Å². The van der Waals surface area contributed by atoms with Crippen LogP contribution in [0.25, 0.3) is 0 Å². The third kappa shape index (κ3) is 5.14. The molecule has 140 valence electrons. The molecule has 1 aromatic heterocycles. The minimum Gasteiger partial charge on any atom is -0.379 e. The van der Waals surface area contributed by atoms with Gasteiger partial charge in [0.25, 0.3) is 0 Å². The van der Waals surface area contributed by atoms with Crippen molar-refractivity contribution >= 4 is 28.8 Å². The van der Waals surface area contributed by atoms with Crippen LogP contribution >= 0.6 is 11.3 Å². The summed E-state index contributed by atoms with van der Waals surface area (Å²) in [5, 5.41) is 16.1. The summed E-state index contributed by atoms with van der Waals surface area (Å²) in [7, 11) is 0. The molecular weight excluding hydrogens is 364 g/mol. The van der Waals surface area contributed by atoms with Crippen molar-refractivity contribution in [1.82, 2.24) is 10.2 Å². The number of carbonyl (C=O) groups is 2. The van der Waals surface area contributed by atoms with E-state index in [2.05, 4.69) is 15.5 Å². The number of carbonyl (C=O) groups excluding carboxylic acids is 2. The maximum atomic E-state index is 12.2. The smallest absolute Gasteiger partial charge is 0.313 e. The lowest BCUT2D eigenvalue weighted by atomic mass is 10.2. The predicted molar refractivity (Wildman–Crippen MR) is 102 cm³/mol. The highest BCUT2D eigenvalue weighted by Crippen LogP contribution is 2.25. The highest BCUT2D eigenvalue weighted by molar-refractivity contribution is 7.10. The Kier molecular flexibility index (Phi) is 6.54. The lowest BCUT2D eigenvalue weighted by Crippen LogP contribution is -2.45. The first-order valence-electron chi connectivity index (χ1n) is 8.62. The van der Waals surface area contributed by atoms with Crippen molar-refractivity contribution in [2.45, 2.75) is 6.04 Å². The Morgan fingerprint density at radius 2 is 1.93 bits per heavy atom. The van der Waals surface area contributed by atoms with E-state index >= 15 is 0 Å². The maximum Gasteiger partial charge on any atom is 0.313 e. The van der Waals surface area contributed by atoms with Crippen LogP contribution in [-0.4, -0.2) is 49.6 Å². The first kappa shape index (κ1) is 19.0. The largest absolute Gasteiger partial charge is 0.379 e. The molecule has 1 atom stereocenters. The number of hydrogen-bond donors (Lipinski definition) is 2. The monoisotopic (exact) mass is 384 g/mol. The molecule has 7 nitrogen and oxygen atoms in total. The molecule has 1 aliphatic heterocycles. The van der Waals surface area contributed by atoms with Gasteiger partial charge in [0.2, 0.25) is 0 Å². The van der Waals surface area contributed by atoms with Gasteiger partial charge in [-0.2, -0.15) is 5.26 Å². The van der Waals surface area contributed by atoms with E-state index in [1.807, 2.05) is 23.6 Å². The van der Waals surface area contributed by atoms with E-state index in [0.29, 0.717) is 31.0 Å². The van der Waals surface area contributed by atoms with Crippen molar-refractivity contribution in [3.05, 3.63) is 52.2 Å². The quantitative estimate of drug-likeness (QED) is 0.766. The Bertz CT molecular complexity index is 808. The summed E-state index contributed by atoms with van der Waals surface area (Å²) in [6, 6.07) is 12.4. The number of nitriles is 1. The fraction of sp³-hybridized carbons (Fsp3) is 0.316. The summed E-state index contributed by atoms with van der Waals surface area (Å²) >= 11 is 1.63. The van der Waals surface area contributed by atoms with Crippen LogP contribution in [0.4, 0.5) is 5.69 Å². The average Bonchev–Trinajstić information content (AvgIpc) is 3.24. The van der Waals surface area contributed by atoms with E-state index in [4.69, 9.17) is 10.00 Å². The second kappa shape index (κ2) is 9.28. The summed E-state index contributed by atoms with van der Waals surface area (Å²) in [6.45, 7) is 3.25. The fourth-order valence-corrected chi connectivity index (χ4v) is 3.73. The predicted octanol–water partition coefficient (Wildman–Crippen LogP) is 1.75. The summed E-state index contributed by atoms with van der Waals surface area (Å²) in [6.07, 6.45) is 0. The topological polar surface area (TPSA) is 94.5 Å². The Balaban J connectivity index is 1.57. The molecule has 0 unspecified atom stereocenters. The Hall–Kier alpha value is -2.73. The molecule has 2 amide bonds. The van der Waals surface area contributed by atoms with Gasteiger partial charge in [-0.05, 0) is 35.7 Å². The van der Waals surface area contributed by atoms with E-state index in [9.17, 15) is 9.59 Å². The van der Waals surface area contributed by atoms with Crippen LogP contribution in [0.5, 0.6) is 0 Å². The van der Waals surface area contributed by atoms with Gasteiger partial charge in [-0.25, -0.2) is 0 Å². The van der Waals surface area contributed by atoms with Gasteiger partial charge >= 0.3 is 11.8 Å². The SMILES string of the molecule is N#Cc1ccc(NC(=O)C(=O)NC[C@H](c2cccs2)N2CCOCC2)cc1. The number of nitrogens with zero attached hydrogens (tertiary/aromatic N) is 2. The van der Waals surface area contributed by atoms with Crippen molar-refractivity contribution in [1.29, 1.82) is 5.26 Å². The zero-order valence-corrected chi connectivity index (χ0v) is 15.5. The zero-order valence-electron chi connectivity index (χ0n) is 14.7. The van der Waals surface area contributed by atoms with E-state index in [1.165, 1.54) is 0 Å². The van der Waals surface area contributed by atoms with Crippen molar-refractivity contribution < 1.29 is 14.3 Å². The molecule has 2 N–H and O–H groups in total. The summed E-state index contributed by atoms with van der Waals surface area (Å²) in [4.78, 5) is 27.7. The maximum absolute atomic E-state index is 12.2. The van der Waals surface area contributed by atoms with Gasteiger partial charge in [-0.1, -0.05) is 6.07 Å². The van der Waals surface area contributed by atoms with Gasteiger partial charge in [-0.15, -0.1) is 11.3 Å². The average molecular weight is 384 g/mol. The number of thiophene rings is 1. The second-order valence-electron chi connectivity index (χ2n) is 6.03. The number of anilines is 1. The van der Waals surface area contributed by atoms with E-state index in [-0.39, 0.29) is 6.04 Å². The third-order valence-corrected chi connectivity index (χ3v) is 5.27. The molecule has 27 heavy (non-hydrogen) atoms. The van der Waals surface area contributed by atoms with Crippen LogP contribution in [-0.2, 0) is 14.3 Å². The van der Waals surface area contributed by atoms with Gasteiger partial charge in [-0.3, -0.25) is 14.5 Å². The number of ether oxygens (including phenoxy) is 1. The van der Waals surface area contributed by atoms with Crippen molar-refractivity contribution in [2.75, 3.05) is 38.2 Å². The molecule has 1 fully saturated rings. The minimum atomic E-state index is -0.730. The number of amides is 2. The highest BCUT2D eigenvalue weighted by atomic mass is 32.1. The molecular formula is C19H20N4O3S. The molecule has 0 radical (unpaired) electrons. The minimum absolute atomic E-state index is 0.0144. The van der Waals surface area contributed by atoms with Gasteiger partial charge < -0.3 is 15.4 Å². The van der Waals surface area contributed by atoms with Crippen LogP contribution in [0.15, 0.2) is 41.8 Å². The van der Waals surface area contributed by atoms with Crippen molar-refractivity contribution in [3.63, 3.8) is 0 Å². The lowest BCUT2D eigenvalue weighted by Gasteiger charge is -2.34. The third-order valence-electron chi connectivity index (χ3n) is 4.29. The Morgan fingerprint density at radius 1 is 1.19 bits per heavy atom. The molecule has 1 saturated heterocycles. The summed E-state index contributed by atoms with van der Waals surface area (Å²) < 4.78 is 5.40. The molecule has 0 saturated carbocycles. The lowest BCUT2D eigenvalue weighted by molar-refractivity contribution is -0.136. The zero-order chi connectivity index (χ0) is 19.1. The molecule has 1 aliphatic rings. The molecule has 0 spiro atoms. The second-order valence-corrected chi connectivity index (χ2v) is 7.01. The standard InChI is InChI=1S/C19H20N4O3S/c20-12-14-3-5-15(6-4-14)22-19(25)18(24)21-13-16(17-2-1-11-27-17)23-7-9-26-10-8-23/h1-6,11,16H,7-10,13H2,(H,21,24)(H,22,25)/t16-/m1/s1. The number of benzene rings is 1. The summed E-state index contributed by atoms with van der Waals surface area (Å²) in [5.74, 6) is -1.42. The first-order valence-corrected chi connectivity index (χ1v) is 9.50. The van der Waals surface area contributed by atoms with Crippen LogP contribution in [0, 0.1) is 11.3 Å².